The molecule has 0 saturated carbocycles. The molecule has 0 aromatic carbocycles. The summed E-state index contributed by atoms with van der Waals surface area (Å²) in [7, 11) is 1.88. The lowest BCUT2D eigenvalue weighted by Gasteiger charge is -2.26. The smallest absolute Gasteiger partial charge is 0.395 e. The Labute approximate surface area is 138 Å². The highest BCUT2D eigenvalue weighted by atomic mass is 19.4. The molecule has 2 atom stereocenters. The second-order valence-electron chi connectivity index (χ2n) is 6.92. The molecular weight excluding hydrogens is 323 g/mol. The van der Waals surface area contributed by atoms with Gasteiger partial charge in [0.05, 0.1) is 12.0 Å². The first-order valence-electron chi connectivity index (χ1n) is 7.68. The molecule has 0 bridgehead atoms. The van der Waals surface area contributed by atoms with Crippen LogP contribution in [0.1, 0.15) is 31.0 Å². The number of alkyl halides is 3. The van der Waals surface area contributed by atoms with Gasteiger partial charge in [-0.1, -0.05) is 6.07 Å². The van der Waals surface area contributed by atoms with E-state index in [-0.39, 0.29) is 24.5 Å². The molecule has 0 spiro atoms. The number of rotatable bonds is 4. The van der Waals surface area contributed by atoms with Crippen molar-refractivity contribution in [2.24, 2.45) is 5.41 Å². The van der Waals surface area contributed by atoms with Gasteiger partial charge < -0.3 is 15.3 Å². The van der Waals surface area contributed by atoms with E-state index in [2.05, 4.69) is 10.3 Å². The molecule has 2 heterocycles. The number of amides is 1. The average Bonchev–Trinajstić information content (AvgIpc) is 2.87. The number of likely N-dealkylation sites (tertiary alicyclic amines) is 1. The lowest BCUT2D eigenvalue weighted by atomic mass is 9.91. The van der Waals surface area contributed by atoms with Crippen molar-refractivity contribution in [1.29, 1.82) is 0 Å². The van der Waals surface area contributed by atoms with Crippen molar-refractivity contribution in [2.45, 2.75) is 32.0 Å². The van der Waals surface area contributed by atoms with E-state index in [1.54, 1.807) is 13.8 Å². The van der Waals surface area contributed by atoms with Crippen LogP contribution in [0.2, 0.25) is 0 Å². The minimum absolute atomic E-state index is 0.150. The fourth-order valence-electron chi connectivity index (χ4n) is 2.71. The highest BCUT2D eigenvalue weighted by molar-refractivity contribution is 5.82. The summed E-state index contributed by atoms with van der Waals surface area (Å²) in [4.78, 5) is 17.8. The number of likely N-dealkylation sites (N-methyl/N-ethyl adjacent to an activating group) is 1. The Morgan fingerprint density at radius 2 is 2.04 bits per heavy atom. The molecule has 1 fully saturated rings. The van der Waals surface area contributed by atoms with Crippen molar-refractivity contribution < 1.29 is 23.1 Å². The molecule has 0 radical (unpaired) electrons. The van der Waals surface area contributed by atoms with Crippen molar-refractivity contribution in [2.75, 3.05) is 26.7 Å². The van der Waals surface area contributed by atoms with Crippen molar-refractivity contribution in [3.8, 4) is 0 Å². The van der Waals surface area contributed by atoms with Crippen molar-refractivity contribution in [1.82, 2.24) is 15.2 Å². The van der Waals surface area contributed by atoms with Gasteiger partial charge in [0.1, 0.15) is 5.69 Å². The van der Waals surface area contributed by atoms with Gasteiger partial charge in [-0.15, -0.1) is 0 Å². The van der Waals surface area contributed by atoms with Gasteiger partial charge in [0.15, 0.2) is 0 Å². The molecule has 2 rings (SSSR count). The Morgan fingerprint density at radius 3 is 2.54 bits per heavy atom. The first kappa shape index (κ1) is 18.7. The first-order chi connectivity index (χ1) is 11.0. The van der Waals surface area contributed by atoms with Crippen LogP contribution in [-0.4, -0.2) is 53.7 Å². The Balaban J connectivity index is 2.17. The number of halogens is 3. The van der Waals surface area contributed by atoms with E-state index in [0.29, 0.717) is 18.7 Å². The fourth-order valence-corrected chi connectivity index (χ4v) is 2.71. The van der Waals surface area contributed by atoms with E-state index in [1.165, 1.54) is 12.3 Å². The summed E-state index contributed by atoms with van der Waals surface area (Å²) in [6.45, 7) is 4.18. The maximum absolute atomic E-state index is 12.6. The fraction of sp³-hybridized carbons (Fsp3) is 0.625. The SMILES string of the molecule is CN1C[C@@H](NC(=O)C(C)(C)CO)[C@H](c2ccc(C(F)(F)F)nc2)C1. The number of carbonyl (C=O) groups is 1. The lowest BCUT2D eigenvalue weighted by molar-refractivity contribution is -0.141. The van der Waals surface area contributed by atoms with Gasteiger partial charge in [-0.25, -0.2) is 0 Å². The highest BCUT2D eigenvalue weighted by Gasteiger charge is 2.37. The van der Waals surface area contributed by atoms with Crippen LogP contribution in [0.4, 0.5) is 13.2 Å². The molecule has 24 heavy (non-hydrogen) atoms. The van der Waals surface area contributed by atoms with E-state index < -0.39 is 17.3 Å². The molecule has 1 aromatic rings. The third kappa shape index (κ3) is 4.05. The van der Waals surface area contributed by atoms with Gasteiger partial charge in [0.25, 0.3) is 0 Å². The number of hydrogen-bond donors (Lipinski definition) is 2. The molecule has 0 unspecified atom stereocenters. The molecule has 1 aromatic heterocycles. The summed E-state index contributed by atoms with van der Waals surface area (Å²) in [5, 5.41) is 12.2. The minimum atomic E-state index is -4.47. The van der Waals surface area contributed by atoms with Crippen molar-refractivity contribution in [3.63, 3.8) is 0 Å². The topological polar surface area (TPSA) is 65.5 Å². The van der Waals surface area contributed by atoms with E-state index in [4.69, 9.17) is 0 Å². The van der Waals surface area contributed by atoms with Crippen LogP contribution in [0, 0.1) is 5.41 Å². The summed E-state index contributed by atoms with van der Waals surface area (Å²) >= 11 is 0. The molecule has 1 saturated heterocycles. The molecule has 2 N–H and O–H groups in total. The van der Waals surface area contributed by atoms with Crippen LogP contribution in [-0.2, 0) is 11.0 Å². The summed E-state index contributed by atoms with van der Waals surface area (Å²) in [6.07, 6.45) is -3.24. The van der Waals surface area contributed by atoms with Gasteiger partial charge in [-0.05, 0) is 32.5 Å². The molecule has 5 nitrogen and oxygen atoms in total. The molecule has 8 heteroatoms. The maximum atomic E-state index is 12.6. The van der Waals surface area contributed by atoms with Crippen LogP contribution in [0.3, 0.4) is 0 Å². The minimum Gasteiger partial charge on any atom is -0.395 e. The standard InChI is InChI=1S/C16H22F3N3O2/c1-15(2,9-23)14(24)21-12-8-22(3)7-11(12)10-4-5-13(20-6-10)16(17,18)19/h4-6,11-12,23H,7-9H2,1-3H3,(H,21,24)/t11-,12+/m0/s1. The van der Waals surface area contributed by atoms with Gasteiger partial charge in [-0.2, -0.15) is 13.2 Å². The number of nitrogens with one attached hydrogen (secondary N) is 1. The number of pyridine rings is 1. The maximum Gasteiger partial charge on any atom is 0.433 e. The Kier molecular flexibility index (Phi) is 5.19. The molecule has 1 aliphatic heterocycles. The lowest BCUT2D eigenvalue weighted by Crippen LogP contribution is -2.47. The van der Waals surface area contributed by atoms with E-state index in [9.17, 15) is 23.1 Å². The summed E-state index contributed by atoms with van der Waals surface area (Å²) in [6, 6.07) is 2.13. The van der Waals surface area contributed by atoms with Crippen molar-refractivity contribution in [3.05, 3.63) is 29.6 Å². The van der Waals surface area contributed by atoms with Crippen LogP contribution in [0.15, 0.2) is 18.3 Å². The Bertz CT molecular complexity index is 587. The summed E-state index contributed by atoms with van der Waals surface area (Å²) < 4.78 is 37.9. The number of hydrogen-bond acceptors (Lipinski definition) is 4. The largest absolute Gasteiger partial charge is 0.433 e. The predicted octanol–water partition coefficient (Wildman–Crippen LogP) is 1.63. The third-order valence-electron chi connectivity index (χ3n) is 4.33. The number of nitrogens with zero attached hydrogens (tertiary/aromatic N) is 2. The van der Waals surface area contributed by atoms with Gasteiger partial charge in [0, 0.05) is 31.2 Å². The summed E-state index contributed by atoms with van der Waals surface area (Å²) in [5.41, 5.74) is -1.19. The van der Waals surface area contributed by atoms with Crippen molar-refractivity contribution >= 4 is 5.91 Å². The molecular formula is C16H22F3N3O2. The van der Waals surface area contributed by atoms with E-state index in [1.807, 2.05) is 11.9 Å². The second kappa shape index (κ2) is 6.68. The normalized spacial score (nSPS) is 22.6. The highest BCUT2D eigenvalue weighted by Crippen LogP contribution is 2.31. The summed E-state index contributed by atoms with van der Waals surface area (Å²) in [5.74, 6) is -0.432. The van der Waals surface area contributed by atoms with Crippen LogP contribution < -0.4 is 5.32 Å². The quantitative estimate of drug-likeness (QED) is 0.871. The van der Waals surface area contributed by atoms with Gasteiger partial charge >= 0.3 is 6.18 Å². The van der Waals surface area contributed by atoms with E-state index in [0.717, 1.165) is 6.07 Å². The van der Waals surface area contributed by atoms with Gasteiger partial charge in [-0.3, -0.25) is 9.78 Å². The molecule has 1 amide bonds. The molecule has 1 aliphatic rings. The average molecular weight is 345 g/mol. The Morgan fingerprint density at radius 1 is 1.38 bits per heavy atom. The van der Waals surface area contributed by atoms with Gasteiger partial charge in [0.2, 0.25) is 5.91 Å². The molecule has 134 valence electrons. The first-order valence-corrected chi connectivity index (χ1v) is 7.68. The Hall–Kier alpha value is -1.67. The number of carbonyl (C=O) groups excluding carboxylic acids is 1. The van der Waals surface area contributed by atoms with E-state index >= 15 is 0 Å². The zero-order valence-electron chi connectivity index (χ0n) is 13.9. The zero-order chi connectivity index (χ0) is 18.1. The third-order valence-corrected chi connectivity index (χ3v) is 4.33. The van der Waals surface area contributed by atoms with Crippen LogP contribution >= 0.6 is 0 Å². The number of aliphatic hydroxyl groups is 1. The van der Waals surface area contributed by atoms with Crippen LogP contribution in [0.25, 0.3) is 0 Å². The number of aromatic nitrogens is 1. The van der Waals surface area contributed by atoms with Crippen LogP contribution in [0.5, 0.6) is 0 Å². The predicted molar refractivity (Wildman–Crippen MR) is 82.3 cm³/mol. The second-order valence-corrected chi connectivity index (χ2v) is 6.92. The number of aliphatic hydroxyl groups excluding tert-OH is 1. The monoisotopic (exact) mass is 345 g/mol. The zero-order valence-corrected chi connectivity index (χ0v) is 13.9. The molecule has 0 aliphatic carbocycles.